The van der Waals surface area contributed by atoms with E-state index in [2.05, 4.69) is 25.5 Å². The van der Waals surface area contributed by atoms with Gasteiger partial charge in [0.2, 0.25) is 0 Å². The summed E-state index contributed by atoms with van der Waals surface area (Å²) >= 11 is 6.59. The fourth-order valence-corrected chi connectivity index (χ4v) is 3.11. The van der Waals surface area contributed by atoms with Crippen LogP contribution in [0.25, 0.3) is 0 Å². The minimum atomic E-state index is -4.88. The third kappa shape index (κ3) is 5.79. The van der Waals surface area contributed by atoms with Gasteiger partial charge in [0.05, 0.1) is 5.51 Å². The summed E-state index contributed by atoms with van der Waals surface area (Å²) in [6.45, 7) is -0.285. The van der Waals surface area contributed by atoms with Crippen LogP contribution in [0.1, 0.15) is 26.5 Å². The Bertz CT molecular complexity index is 1180. The van der Waals surface area contributed by atoms with Gasteiger partial charge < -0.3 is 15.4 Å². The SMILES string of the molecule is O=C(Nc1scnc1C(=O)NCc1ccccc1OC(F)(F)F)c1cc(Cl)c(=O)[nH]n1. The van der Waals surface area contributed by atoms with Crippen molar-refractivity contribution in [1.82, 2.24) is 20.5 Å². The second-order valence-electron chi connectivity index (χ2n) is 5.75. The molecule has 2 amide bonds. The highest BCUT2D eigenvalue weighted by atomic mass is 35.5. The van der Waals surface area contributed by atoms with Gasteiger partial charge in [0, 0.05) is 12.1 Å². The first-order chi connectivity index (χ1) is 14.6. The number of rotatable bonds is 6. The lowest BCUT2D eigenvalue weighted by molar-refractivity contribution is -0.274. The molecule has 0 saturated carbocycles. The van der Waals surface area contributed by atoms with Gasteiger partial charge in [-0.1, -0.05) is 29.8 Å². The molecule has 3 aromatic rings. The van der Waals surface area contributed by atoms with Gasteiger partial charge >= 0.3 is 6.36 Å². The van der Waals surface area contributed by atoms with E-state index in [9.17, 15) is 27.6 Å². The molecule has 9 nitrogen and oxygen atoms in total. The first-order valence-electron chi connectivity index (χ1n) is 8.26. The van der Waals surface area contributed by atoms with Crippen LogP contribution < -0.4 is 20.9 Å². The number of benzene rings is 1. The summed E-state index contributed by atoms with van der Waals surface area (Å²) in [5.41, 5.74) is 0.330. The fraction of sp³-hybridized carbons (Fsp3) is 0.118. The minimum absolute atomic E-state index is 0.0615. The summed E-state index contributed by atoms with van der Waals surface area (Å²) in [6, 6.07) is 6.37. The number of anilines is 1. The number of H-pyrrole nitrogens is 1. The van der Waals surface area contributed by atoms with Crippen LogP contribution in [0.4, 0.5) is 18.2 Å². The molecule has 0 spiro atoms. The molecule has 0 saturated heterocycles. The molecule has 2 heterocycles. The highest BCUT2D eigenvalue weighted by Gasteiger charge is 2.32. The number of aromatic amines is 1. The Morgan fingerprint density at radius 3 is 2.68 bits per heavy atom. The van der Waals surface area contributed by atoms with Crippen LogP contribution in [0, 0.1) is 0 Å². The Kier molecular flexibility index (Phi) is 6.56. The number of aromatic nitrogens is 3. The van der Waals surface area contributed by atoms with E-state index in [1.165, 1.54) is 23.7 Å². The van der Waals surface area contributed by atoms with E-state index in [4.69, 9.17) is 11.6 Å². The highest BCUT2D eigenvalue weighted by Crippen LogP contribution is 2.26. The molecule has 162 valence electrons. The van der Waals surface area contributed by atoms with Gasteiger partial charge in [-0.15, -0.1) is 24.5 Å². The lowest BCUT2D eigenvalue weighted by atomic mass is 10.2. The van der Waals surface area contributed by atoms with Crippen molar-refractivity contribution in [1.29, 1.82) is 0 Å². The van der Waals surface area contributed by atoms with E-state index in [1.54, 1.807) is 0 Å². The van der Waals surface area contributed by atoms with E-state index in [0.717, 1.165) is 23.5 Å². The topological polar surface area (TPSA) is 126 Å². The zero-order chi connectivity index (χ0) is 22.6. The number of alkyl halides is 3. The lowest BCUT2D eigenvalue weighted by Gasteiger charge is -2.13. The summed E-state index contributed by atoms with van der Waals surface area (Å²) in [4.78, 5) is 39.8. The second-order valence-corrected chi connectivity index (χ2v) is 7.01. The normalized spacial score (nSPS) is 11.1. The van der Waals surface area contributed by atoms with E-state index >= 15 is 0 Å². The standard InChI is InChI=1S/C17H11ClF3N5O4S/c18-9-5-10(25-26-13(9)27)14(28)24-16-12(23-7-31-16)15(29)22-6-8-3-1-2-4-11(8)30-17(19,20)21/h1-5,7H,6H2,(H,22,29)(H,24,28)(H,26,27). The van der Waals surface area contributed by atoms with Crippen LogP contribution in [0.2, 0.25) is 5.02 Å². The predicted octanol–water partition coefficient (Wildman–Crippen LogP) is 2.96. The molecule has 31 heavy (non-hydrogen) atoms. The highest BCUT2D eigenvalue weighted by molar-refractivity contribution is 7.14. The van der Waals surface area contributed by atoms with E-state index in [0.29, 0.717) is 0 Å². The minimum Gasteiger partial charge on any atom is -0.405 e. The molecular weight excluding hydrogens is 463 g/mol. The number of amides is 2. The summed E-state index contributed by atoms with van der Waals surface area (Å²) < 4.78 is 41.5. The van der Waals surface area contributed by atoms with Crippen LogP contribution >= 0.6 is 22.9 Å². The van der Waals surface area contributed by atoms with Crippen molar-refractivity contribution >= 4 is 39.8 Å². The summed E-state index contributed by atoms with van der Waals surface area (Å²) in [7, 11) is 0. The van der Waals surface area contributed by atoms with Crippen LogP contribution in [0.3, 0.4) is 0 Å². The molecule has 0 aliphatic rings. The predicted molar refractivity (Wildman–Crippen MR) is 104 cm³/mol. The third-order valence-electron chi connectivity index (χ3n) is 3.64. The number of hydrogen-bond donors (Lipinski definition) is 3. The molecular formula is C17H11ClF3N5O4S. The van der Waals surface area contributed by atoms with E-state index in [-0.39, 0.29) is 33.5 Å². The molecule has 2 aromatic heterocycles. The van der Waals surface area contributed by atoms with Crippen LogP contribution in [0.5, 0.6) is 5.75 Å². The van der Waals surface area contributed by atoms with Crippen molar-refractivity contribution in [2.75, 3.05) is 5.32 Å². The van der Waals surface area contributed by atoms with Gasteiger partial charge in [0.25, 0.3) is 17.4 Å². The monoisotopic (exact) mass is 473 g/mol. The van der Waals surface area contributed by atoms with Crippen LogP contribution in [-0.2, 0) is 6.54 Å². The van der Waals surface area contributed by atoms with Crippen molar-refractivity contribution in [3.63, 3.8) is 0 Å². The van der Waals surface area contributed by atoms with Crippen molar-refractivity contribution in [3.8, 4) is 5.75 Å². The maximum Gasteiger partial charge on any atom is 0.573 e. The average Bonchev–Trinajstić information content (AvgIpc) is 3.16. The van der Waals surface area contributed by atoms with Gasteiger partial charge in [0.1, 0.15) is 15.8 Å². The van der Waals surface area contributed by atoms with Crippen molar-refractivity contribution < 1.29 is 27.5 Å². The number of thiazole rings is 1. The Morgan fingerprint density at radius 1 is 1.23 bits per heavy atom. The maximum atomic E-state index is 12.5. The molecule has 0 unspecified atom stereocenters. The summed E-state index contributed by atoms with van der Waals surface area (Å²) in [5.74, 6) is -1.96. The zero-order valence-corrected chi connectivity index (χ0v) is 16.7. The number of ether oxygens (including phenoxy) is 1. The summed E-state index contributed by atoms with van der Waals surface area (Å²) in [6.07, 6.45) is -4.88. The Hall–Kier alpha value is -3.45. The van der Waals surface area contributed by atoms with Crippen molar-refractivity contribution in [2.24, 2.45) is 0 Å². The molecule has 1 aromatic carbocycles. The Labute approximate surface area is 180 Å². The Balaban J connectivity index is 1.70. The molecule has 0 atom stereocenters. The van der Waals surface area contributed by atoms with Gasteiger partial charge in [-0.2, -0.15) is 5.10 Å². The molecule has 0 aliphatic carbocycles. The lowest BCUT2D eigenvalue weighted by Crippen LogP contribution is -2.26. The fourth-order valence-electron chi connectivity index (χ4n) is 2.30. The van der Waals surface area contributed by atoms with Gasteiger partial charge in [-0.05, 0) is 12.1 Å². The van der Waals surface area contributed by atoms with Gasteiger partial charge in [-0.3, -0.25) is 14.4 Å². The number of nitrogens with one attached hydrogen (secondary N) is 3. The molecule has 0 radical (unpaired) electrons. The molecule has 0 fully saturated rings. The molecule has 0 aliphatic heterocycles. The maximum absolute atomic E-state index is 12.5. The second kappa shape index (κ2) is 9.14. The Morgan fingerprint density at radius 2 is 1.97 bits per heavy atom. The molecule has 3 N–H and O–H groups in total. The van der Waals surface area contributed by atoms with E-state index < -0.39 is 29.5 Å². The first-order valence-corrected chi connectivity index (χ1v) is 9.51. The molecule has 3 rings (SSSR count). The molecule has 14 heteroatoms. The number of carbonyl (C=O) groups is 2. The third-order valence-corrected chi connectivity index (χ3v) is 4.66. The number of carbonyl (C=O) groups excluding carboxylic acids is 2. The average molecular weight is 474 g/mol. The quantitative estimate of drug-likeness (QED) is 0.505. The number of para-hydroxylation sites is 1. The molecule has 0 bridgehead atoms. The van der Waals surface area contributed by atoms with Crippen LogP contribution in [-0.4, -0.2) is 33.4 Å². The zero-order valence-electron chi connectivity index (χ0n) is 15.1. The first kappa shape index (κ1) is 22.2. The van der Waals surface area contributed by atoms with Crippen molar-refractivity contribution in [2.45, 2.75) is 12.9 Å². The van der Waals surface area contributed by atoms with Gasteiger partial charge in [0.15, 0.2) is 11.4 Å². The van der Waals surface area contributed by atoms with Gasteiger partial charge in [-0.25, -0.2) is 10.1 Å². The van der Waals surface area contributed by atoms with Crippen molar-refractivity contribution in [3.05, 3.63) is 68.2 Å². The number of halogens is 4. The largest absolute Gasteiger partial charge is 0.573 e. The van der Waals surface area contributed by atoms with Crippen LogP contribution in [0.15, 0.2) is 40.6 Å². The number of hydrogen-bond acceptors (Lipinski definition) is 7. The van der Waals surface area contributed by atoms with E-state index in [1.807, 2.05) is 5.10 Å². The smallest absolute Gasteiger partial charge is 0.405 e. The summed E-state index contributed by atoms with van der Waals surface area (Å²) in [5, 5.41) is 10.2. The number of nitrogens with zero attached hydrogens (tertiary/aromatic N) is 2.